The normalized spacial score (nSPS) is 14.8. The fourth-order valence-corrected chi connectivity index (χ4v) is 10.3. The molecule has 0 amide bonds. The van der Waals surface area contributed by atoms with Gasteiger partial charge in [-0.05, 0) is 99.0 Å². The number of nitrogens with zero attached hydrogens (tertiary/aromatic N) is 7. The number of hydrogen-bond donors (Lipinski definition) is 0. The molecular weight excluding hydrogens is 1070 g/mol. The van der Waals surface area contributed by atoms with Crippen LogP contribution in [0.25, 0.3) is 76.1 Å². The molecule has 4 aromatic heterocycles. The molecule has 0 bridgehead atoms. The van der Waals surface area contributed by atoms with E-state index < -0.39 is 14.0 Å². The van der Waals surface area contributed by atoms with E-state index in [1.165, 1.54) is 9.13 Å². The van der Waals surface area contributed by atoms with E-state index in [1.54, 1.807) is 12.1 Å². The molecule has 0 N–H and O–H groups in total. The Morgan fingerprint density at radius 2 is 1.17 bits per heavy atom. The van der Waals surface area contributed by atoms with Crippen LogP contribution in [-0.2, 0) is 51.3 Å². The molecule has 1 aliphatic heterocycles. The summed E-state index contributed by atoms with van der Waals surface area (Å²) in [5.41, 5.74) is 8.44. The van der Waals surface area contributed by atoms with Crippen LogP contribution in [0.1, 0.15) is 87.2 Å². The minimum atomic E-state index is -2.70. The number of aromatic nitrogens is 4. The van der Waals surface area contributed by atoms with Gasteiger partial charge < -0.3 is 28.2 Å². The maximum absolute atomic E-state index is 9.21. The van der Waals surface area contributed by atoms with Crippen LogP contribution in [0.4, 0.5) is 28.4 Å². The number of benzene rings is 7. The molecule has 12 rings (SSSR count). The second kappa shape index (κ2) is 16.6. The van der Waals surface area contributed by atoms with Crippen molar-refractivity contribution in [2.24, 2.45) is 14.0 Å². The Kier molecular flexibility index (Phi) is 9.30. The number of fused-ring (bicyclic) bond motifs is 10. The first-order chi connectivity index (χ1) is 36.3. The zero-order valence-corrected chi connectivity index (χ0v) is 43.9. The summed E-state index contributed by atoms with van der Waals surface area (Å²) in [5, 5.41) is 4.83. The number of anilines is 4. The van der Waals surface area contributed by atoms with Crippen LogP contribution in [-0.4, -0.2) is 18.7 Å². The van der Waals surface area contributed by atoms with Crippen LogP contribution in [0.3, 0.4) is 0 Å². The third-order valence-corrected chi connectivity index (χ3v) is 14.2. The van der Waals surface area contributed by atoms with E-state index in [4.69, 9.17) is 16.3 Å². The number of aryl methyl sites for hydroxylation is 2. The topological polar surface area (TPSA) is 47.8 Å². The molecule has 0 fully saturated rings. The Morgan fingerprint density at radius 1 is 0.569 bits per heavy atom. The van der Waals surface area contributed by atoms with Crippen LogP contribution >= 0.6 is 0 Å². The van der Waals surface area contributed by atoms with Crippen molar-refractivity contribution in [3.8, 4) is 17.3 Å². The van der Waals surface area contributed by atoms with Gasteiger partial charge in [-0.25, -0.2) is 4.98 Å². The molecule has 0 spiro atoms. The van der Waals surface area contributed by atoms with Crippen molar-refractivity contribution in [3.63, 3.8) is 0 Å². The standard InChI is InChI=1S/C63H56N7O.Pt/c1-61(2,3)38-21-25-51-47(29-38)49-36-50-48-30-39(62(4,5)6)22-26-52(48)67(12)59(50)60(58(49)66(51)11)69-37-68(54-19-15-16-20-55(54)69)42-32-41(64-10)33-44(34-42)71-43-23-24-46-45-17-13-14-18-53(45)70(56(46)35-43)57-31-40(27-28-65-57)63(7,8)9;/h13-33,36-37H,1-9,11-12H3;/q-3;/i11D3,12D3;. The van der Waals surface area contributed by atoms with Crippen LogP contribution in [0.5, 0.6) is 11.5 Å². The van der Waals surface area contributed by atoms with Gasteiger partial charge in [-0.1, -0.05) is 110 Å². The first kappa shape index (κ1) is 40.3. The quantitative estimate of drug-likeness (QED) is 0.161. The van der Waals surface area contributed by atoms with Gasteiger partial charge in [0, 0.05) is 110 Å². The molecule has 11 aromatic rings. The molecule has 0 saturated carbocycles. The maximum atomic E-state index is 9.21. The van der Waals surface area contributed by atoms with Crippen molar-refractivity contribution in [1.82, 2.24) is 18.7 Å². The number of hydrogen-bond acceptors (Lipinski definition) is 4. The Bertz CT molecular complexity index is 4180. The third-order valence-electron chi connectivity index (χ3n) is 14.2. The summed E-state index contributed by atoms with van der Waals surface area (Å²) < 4.78 is 66.8. The zero-order valence-electron chi connectivity index (χ0n) is 47.6. The fraction of sp³-hybridized carbons (Fsp3) is 0.222. The fourth-order valence-electron chi connectivity index (χ4n) is 10.3. The van der Waals surface area contributed by atoms with Crippen LogP contribution in [0.2, 0.25) is 0 Å². The minimum Gasteiger partial charge on any atom is -0.510 e. The third kappa shape index (κ3) is 7.38. The summed E-state index contributed by atoms with van der Waals surface area (Å²) in [4.78, 5) is 12.5. The van der Waals surface area contributed by atoms with Crippen molar-refractivity contribution < 1.29 is 34.0 Å². The van der Waals surface area contributed by atoms with Gasteiger partial charge in [-0.2, -0.15) is 6.07 Å². The van der Waals surface area contributed by atoms with E-state index in [-0.39, 0.29) is 48.7 Å². The molecule has 0 aliphatic carbocycles. The number of ether oxygens (including phenoxy) is 1. The van der Waals surface area contributed by atoms with Gasteiger partial charge in [-0.3, -0.25) is 4.85 Å². The summed E-state index contributed by atoms with van der Waals surface area (Å²) in [5.74, 6) is 1.42. The predicted octanol–water partition coefficient (Wildman–Crippen LogP) is 16.7. The molecule has 1 aliphatic rings. The van der Waals surface area contributed by atoms with E-state index in [2.05, 4.69) is 114 Å². The van der Waals surface area contributed by atoms with Gasteiger partial charge in [0.25, 0.3) is 0 Å². The molecular formula is C63H56N7OPt-3. The molecule has 8 nitrogen and oxygen atoms in total. The van der Waals surface area contributed by atoms with Crippen molar-refractivity contribution in [2.45, 2.75) is 78.6 Å². The molecule has 0 atom stereocenters. The smallest absolute Gasteiger partial charge is 0.135 e. The van der Waals surface area contributed by atoms with Gasteiger partial charge in [0.15, 0.2) is 0 Å². The maximum Gasteiger partial charge on any atom is 0.135 e. The monoisotopic (exact) mass is 1130 g/mol. The van der Waals surface area contributed by atoms with Crippen molar-refractivity contribution in [1.29, 1.82) is 0 Å². The zero-order chi connectivity index (χ0) is 54.5. The molecule has 9 heteroatoms. The summed E-state index contributed by atoms with van der Waals surface area (Å²) in [6, 6.07) is 48.2. The first-order valence-corrected chi connectivity index (χ1v) is 24.0. The van der Waals surface area contributed by atoms with Gasteiger partial charge in [0.05, 0.1) is 29.0 Å². The van der Waals surface area contributed by atoms with Crippen molar-refractivity contribution >= 4 is 93.9 Å². The van der Waals surface area contributed by atoms with E-state index in [9.17, 15) is 8.22 Å². The van der Waals surface area contributed by atoms with Crippen LogP contribution in [0, 0.1) is 25.4 Å². The molecule has 5 heterocycles. The van der Waals surface area contributed by atoms with Gasteiger partial charge >= 0.3 is 0 Å². The van der Waals surface area contributed by atoms with E-state index in [1.807, 2.05) is 108 Å². The predicted molar refractivity (Wildman–Crippen MR) is 295 cm³/mol. The molecule has 0 saturated heterocycles. The molecule has 7 aromatic carbocycles. The Labute approximate surface area is 444 Å². The van der Waals surface area contributed by atoms with Gasteiger partial charge in [0.2, 0.25) is 0 Å². The minimum absolute atomic E-state index is 0. The summed E-state index contributed by atoms with van der Waals surface area (Å²) >= 11 is 0. The van der Waals surface area contributed by atoms with E-state index in [0.29, 0.717) is 61.3 Å². The van der Waals surface area contributed by atoms with Crippen molar-refractivity contribution in [3.05, 3.63) is 180 Å². The molecule has 362 valence electrons. The summed E-state index contributed by atoms with van der Waals surface area (Å²) in [6.07, 6.45) is 1.84. The largest absolute Gasteiger partial charge is 0.510 e. The average Bonchev–Trinajstić information content (AvgIpc) is 4.33. The van der Waals surface area contributed by atoms with Crippen LogP contribution in [0.15, 0.2) is 134 Å². The molecule has 72 heavy (non-hydrogen) atoms. The van der Waals surface area contributed by atoms with E-state index in [0.717, 1.165) is 55.1 Å². The average molecular weight is 1130 g/mol. The second-order valence-corrected chi connectivity index (χ2v) is 21.9. The number of para-hydroxylation sites is 3. The summed E-state index contributed by atoms with van der Waals surface area (Å²) in [7, 11) is 0. The Balaban J connectivity index is 0.00000645. The molecule has 0 radical (unpaired) electrons. The SMILES string of the molecule is [2H]C([2H])([2H])n1c2ccc(C(C)(C)C)cc2c2cc3c4cc(C(C)(C)C)ccc4n(C([2H])([2H])[2H])c3c(N3[CH-]N(c4[c-]c(Oc5[c-]c6c(cc5)c5ccccc5n6-c5cc(C(C)(C)C)ccn5)cc([N+]#[C-])c4)c4ccccc43)c21.[Pt]. The second-order valence-electron chi connectivity index (χ2n) is 21.9. The van der Waals surface area contributed by atoms with Crippen molar-refractivity contribution in [2.75, 3.05) is 9.80 Å². The van der Waals surface area contributed by atoms with Gasteiger partial charge in [-0.15, -0.1) is 48.1 Å². The van der Waals surface area contributed by atoms with E-state index >= 15 is 0 Å². The number of rotatable bonds is 5. The van der Waals surface area contributed by atoms with Gasteiger partial charge in [0.1, 0.15) is 5.82 Å². The Hall–Kier alpha value is -7.33. The Morgan fingerprint density at radius 3 is 1.78 bits per heavy atom. The first-order valence-electron chi connectivity index (χ1n) is 27.0. The van der Waals surface area contributed by atoms with Crippen LogP contribution < -0.4 is 14.5 Å². The summed E-state index contributed by atoms with van der Waals surface area (Å²) in [6.45, 7) is 24.0. The molecule has 0 unspecified atom stereocenters. The number of pyridine rings is 1.